The Morgan fingerprint density at radius 2 is 1.70 bits per heavy atom. The highest BCUT2D eigenvalue weighted by atomic mass is 16.5. The lowest BCUT2D eigenvalue weighted by Gasteiger charge is -2.14. The zero-order chi connectivity index (χ0) is 17.2. The number of ether oxygens (including phenoxy) is 5. The Morgan fingerprint density at radius 3 is 2.17 bits per heavy atom. The SMILES string of the molecule is COc1cc(OCCCOC(=O)/C=C(/C)N)cc(OC)c1OC. The molecule has 1 rings (SSSR count). The minimum Gasteiger partial charge on any atom is -0.493 e. The fraction of sp³-hybridized carbons (Fsp3) is 0.438. The number of allylic oxidation sites excluding steroid dienone is 1. The van der Waals surface area contributed by atoms with E-state index in [1.165, 1.54) is 27.4 Å². The van der Waals surface area contributed by atoms with Crippen LogP contribution < -0.4 is 24.7 Å². The normalized spacial score (nSPS) is 10.9. The van der Waals surface area contributed by atoms with Crippen LogP contribution in [0.2, 0.25) is 0 Å². The van der Waals surface area contributed by atoms with E-state index >= 15 is 0 Å². The molecule has 7 nitrogen and oxygen atoms in total. The van der Waals surface area contributed by atoms with Gasteiger partial charge in [-0.3, -0.25) is 0 Å². The number of carbonyl (C=O) groups excluding carboxylic acids is 1. The number of carbonyl (C=O) groups is 1. The standard InChI is InChI=1S/C16H23NO6/c1-11(17)8-15(18)23-7-5-6-22-12-9-13(19-2)16(21-4)14(10-12)20-3/h8-10H,5-7,17H2,1-4H3/b11-8-. The number of hydrogen-bond donors (Lipinski definition) is 1. The lowest BCUT2D eigenvalue weighted by molar-refractivity contribution is -0.138. The molecule has 0 atom stereocenters. The number of hydrogen-bond acceptors (Lipinski definition) is 7. The Bertz CT molecular complexity index is 526. The summed E-state index contributed by atoms with van der Waals surface area (Å²) in [5.41, 5.74) is 5.79. The second-order valence-electron chi connectivity index (χ2n) is 4.62. The van der Waals surface area contributed by atoms with Crippen LogP contribution in [0.25, 0.3) is 0 Å². The fourth-order valence-electron chi connectivity index (χ4n) is 1.79. The van der Waals surface area contributed by atoms with Crippen LogP contribution in [0.15, 0.2) is 23.9 Å². The van der Waals surface area contributed by atoms with E-state index in [1.807, 2.05) is 0 Å². The quantitative estimate of drug-likeness (QED) is 0.421. The van der Waals surface area contributed by atoms with E-state index in [4.69, 9.17) is 29.4 Å². The smallest absolute Gasteiger partial charge is 0.332 e. The Kier molecular flexibility index (Phi) is 7.59. The summed E-state index contributed by atoms with van der Waals surface area (Å²) in [6.07, 6.45) is 1.78. The number of rotatable bonds is 9. The molecule has 0 aliphatic rings. The summed E-state index contributed by atoms with van der Waals surface area (Å²) in [6.45, 7) is 2.24. The van der Waals surface area contributed by atoms with Gasteiger partial charge in [-0.25, -0.2) is 4.79 Å². The van der Waals surface area contributed by atoms with Gasteiger partial charge >= 0.3 is 5.97 Å². The van der Waals surface area contributed by atoms with Gasteiger partial charge in [0, 0.05) is 30.3 Å². The lowest BCUT2D eigenvalue weighted by atomic mass is 10.2. The summed E-state index contributed by atoms with van der Waals surface area (Å²) in [6, 6.07) is 3.40. The van der Waals surface area contributed by atoms with Crippen molar-refractivity contribution in [1.29, 1.82) is 0 Å². The van der Waals surface area contributed by atoms with Gasteiger partial charge in [0.25, 0.3) is 0 Å². The van der Waals surface area contributed by atoms with Gasteiger partial charge in [-0.1, -0.05) is 0 Å². The van der Waals surface area contributed by atoms with Crippen LogP contribution >= 0.6 is 0 Å². The van der Waals surface area contributed by atoms with Gasteiger partial charge in [0.2, 0.25) is 5.75 Å². The second kappa shape index (κ2) is 9.45. The fourth-order valence-corrected chi connectivity index (χ4v) is 1.79. The summed E-state index contributed by atoms with van der Waals surface area (Å²) in [5, 5.41) is 0. The Hall–Kier alpha value is -2.57. The third-order valence-electron chi connectivity index (χ3n) is 2.79. The topological polar surface area (TPSA) is 89.2 Å². The molecule has 0 aliphatic carbocycles. The highest BCUT2D eigenvalue weighted by molar-refractivity contribution is 5.82. The van der Waals surface area contributed by atoms with Crippen LogP contribution in [0.5, 0.6) is 23.0 Å². The summed E-state index contributed by atoms with van der Waals surface area (Å²) >= 11 is 0. The molecular weight excluding hydrogens is 302 g/mol. The summed E-state index contributed by atoms with van der Waals surface area (Å²) in [5.74, 6) is 1.63. The molecule has 0 unspecified atom stereocenters. The minimum absolute atomic E-state index is 0.243. The zero-order valence-corrected chi connectivity index (χ0v) is 13.9. The molecule has 0 amide bonds. The third-order valence-corrected chi connectivity index (χ3v) is 2.79. The van der Waals surface area contributed by atoms with Crippen molar-refractivity contribution in [2.45, 2.75) is 13.3 Å². The van der Waals surface area contributed by atoms with Crippen LogP contribution in [0, 0.1) is 0 Å². The van der Waals surface area contributed by atoms with E-state index in [1.54, 1.807) is 19.1 Å². The van der Waals surface area contributed by atoms with Crippen LogP contribution in [0.3, 0.4) is 0 Å². The van der Waals surface area contributed by atoms with Crippen molar-refractivity contribution in [2.75, 3.05) is 34.5 Å². The number of methoxy groups -OCH3 is 3. The lowest BCUT2D eigenvalue weighted by Crippen LogP contribution is -2.08. The van der Waals surface area contributed by atoms with Crippen LogP contribution in [-0.4, -0.2) is 40.5 Å². The van der Waals surface area contributed by atoms with Crippen molar-refractivity contribution in [2.24, 2.45) is 5.73 Å². The van der Waals surface area contributed by atoms with Gasteiger partial charge in [-0.2, -0.15) is 0 Å². The van der Waals surface area contributed by atoms with Crippen LogP contribution in [0.1, 0.15) is 13.3 Å². The van der Waals surface area contributed by atoms with Crippen molar-refractivity contribution in [3.63, 3.8) is 0 Å². The molecule has 0 aromatic heterocycles. The van der Waals surface area contributed by atoms with Gasteiger partial charge < -0.3 is 29.4 Å². The average Bonchev–Trinajstić information content (AvgIpc) is 2.52. The summed E-state index contributed by atoms with van der Waals surface area (Å²) < 4.78 is 26.3. The maximum atomic E-state index is 11.3. The molecule has 0 aliphatic heterocycles. The first-order chi connectivity index (χ1) is 11.0. The molecule has 2 N–H and O–H groups in total. The molecule has 0 bridgehead atoms. The summed E-state index contributed by atoms with van der Waals surface area (Å²) in [7, 11) is 4.60. The van der Waals surface area contributed by atoms with E-state index in [9.17, 15) is 4.79 Å². The Labute approximate surface area is 135 Å². The van der Waals surface area contributed by atoms with Gasteiger partial charge in [0.05, 0.1) is 34.5 Å². The number of esters is 1. The van der Waals surface area contributed by atoms with Crippen molar-refractivity contribution < 1.29 is 28.5 Å². The van der Waals surface area contributed by atoms with Gasteiger partial charge in [0.15, 0.2) is 11.5 Å². The first-order valence-electron chi connectivity index (χ1n) is 7.05. The van der Waals surface area contributed by atoms with Crippen molar-refractivity contribution in [3.8, 4) is 23.0 Å². The van der Waals surface area contributed by atoms with E-state index in [-0.39, 0.29) is 6.61 Å². The highest BCUT2D eigenvalue weighted by Crippen LogP contribution is 2.40. The monoisotopic (exact) mass is 325 g/mol. The van der Waals surface area contributed by atoms with Gasteiger partial charge in [-0.15, -0.1) is 0 Å². The molecule has 0 spiro atoms. The van der Waals surface area contributed by atoms with Crippen molar-refractivity contribution in [3.05, 3.63) is 23.9 Å². The molecule has 128 valence electrons. The number of benzene rings is 1. The number of nitrogens with two attached hydrogens (primary N) is 1. The van der Waals surface area contributed by atoms with E-state index in [0.29, 0.717) is 41.7 Å². The average molecular weight is 325 g/mol. The van der Waals surface area contributed by atoms with Crippen molar-refractivity contribution in [1.82, 2.24) is 0 Å². The van der Waals surface area contributed by atoms with Crippen molar-refractivity contribution >= 4 is 5.97 Å². The summed E-state index contributed by atoms with van der Waals surface area (Å²) in [4.78, 5) is 11.3. The highest BCUT2D eigenvalue weighted by Gasteiger charge is 2.13. The predicted octanol–water partition coefficient (Wildman–Crippen LogP) is 1.89. The Morgan fingerprint density at radius 1 is 1.09 bits per heavy atom. The zero-order valence-electron chi connectivity index (χ0n) is 13.9. The van der Waals surface area contributed by atoms with Gasteiger partial charge in [-0.05, 0) is 6.92 Å². The molecular formula is C16H23NO6. The first kappa shape index (κ1) is 18.5. The molecule has 23 heavy (non-hydrogen) atoms. The molecule has 0 heterocycles. The van der Waals surface area contributed by atoms with Crippen LogP contribution in [0.4, 0.5) is 0 Å². The largest absolute Gasteiger partial charge is 0.493 e. The van der Waals surface area contributed by atoms with E-state index in [0.717, 1.165) is 0 Å². The van der Waals surface area contributed by atoms with E-state index in [2.05, 4.69) is 0 Å². The third kappa shape index (κ3) is 5.98. The second-order valence-corrected chi connectivity index (χ2v) is 4.62. The first-order valence-corrected chi connectivity index (χ1v) is 7.05. The molecule has 0 radical (unpaired) electrons. The molecule has 1 aromatic carbocycles. The Balaban J connectivity index is 2.52. The maximum Gasteiger partial charge on any atom is 0.332 e. The van der Waals surface area contributed by atoms with E-state index < -0.39 is 5.97 Å². The molecule has 0 saturated heterocycles. The molecule has 1 aromatic rings. The predicted molar refractivity (Wildman–Crippen MR) is 85.1 cm³/mol. The maximum absolute atomic E-state index is 11.3. The minimum atomic E-state index is -0.460. The molecule has 7 heteroatoms. The molecule has 0 saturated carbocycles. The van der Waals surface area contributed by atoms with Crippen LogP contribution in [-0.2, 0) is 9.53 Å². The van der Waals surface area contributed by atoms with Gasteiger partial charge in [0.1, 0.15) is 5.75 Å². The molecule has 0 fully saturated rings.